The van der Waals surface area contributed by atoms with E-state index >= 15 is 0 Å². The van der Waals surface area contributed by atoms with Gasteiger partial charge in [0.25, 0.3) is 5.91 Å². The summed E-state index contributed by atoms with van der Waals surface area (Å²) in [5.41, 5.74) is 6.29. The van der Waals surface area contributed by atoms with Crippen LogP contribution in [0.15, 0.2) is 12.3 Å². The van der Waals surface area contributed by atoms with Gasteiger partial charge in [0.15, 0.2) is 0 Å². The summed E-state index contributed by atoms with van der Waals surface area (Å²) in [4.78, 5) is 17.7. The highest BCUT2D eigenvalue weighted by Crippen LogP contribution is 2.19. The largest absolute Gasteiger partial charge is 0.397 e. The molecule has 6 nitrogen and oxygen atoms in total. The Morgan fingerprint density at radius 2 is 2.50 bits per heavy atom. The van der Waals surface area contributed by atoms with Gasteiger partial charge in [-0.25, -0.2) is 4.98 Å². The molecule has 0 bridgehead atoms. The quantitative estimate of drug-likeness (QED) is 0.748. The van der Waals surface area contributed by atoms with Gasteiger partial charge in [0, 0.05) is 6.54 Å². The minimum absolute atomic E-state index is 0.148. The number of anilines is 1. The zero-order valence-corrected chi connectivity index (χ0v) is 10.4. The topological polar surface area (TPSA) is 88.7 Å². The van der Waals surface area contributed by atoms with Crippen LogP contribution in [-0.4, -0.2) is 53.3 Å². The molecule has 1 aromatic rings. The molecule has 0 aromatic carbocycles. The fourth-order valence-corrected chi connectivity index (χ4v) is 2.01. The van der Waals surface area contributed by atoms with Crippen molar-refractivity contribution < 1.29 is 14.6 Å². The Morgan fingerprint density at radius 3 is 3.22 bits per heavy atom. The molecule has 2 heterocycles. The maximum Gasteiger partial charge on any atom is 0.256 e. The number of carbonyl (C=O) groups is 1. The van der Waals surface area contributed by atoms with E-state index in [4.69, 9.17) is 22.1 Å². The van der Waals surface area contributed by atoms with Crippen molar-refractivity contribution in [2.24, 2.45) is 0 Å². The number of ether oxygens (including phenoxy) is 1. The minimum atomic E-state index is -0.349. The van der Waals surface area contributed by atoms with Crippen molar-refractivity contribution in [3.63, 3.8) is 0 Å². The molecular weight excluding hydrogens is 258 g/mol. The zero-order valence-electron chi connectivity index (χ0n) is 9.67. The van der Waals surface area contributed by atoms with Crippen LogP contribution in [0.2, 0.25) is 5.15 Å². The lowest BCUT2D eigenvalue weighted by Crippen LogP contribution is -2.50. The van der Waals surface area contributed by atoms with E-state index < -0.39 is 0 Å². The van der Waals surface area contributed by atoms with Crippen LogP contribution >= 0.6 is 11.6 Å². The maximum atomic E-state index is 12.3. The molecule has 1 aromatic heterocycles. The van der Waals surface area contributed by atoms with Crippen LogP contribution in [0.5, 0.6) is 0 Å². The van der Waals surface area contributed by atoms with Crippen molar-refractivity contribution in [1.29, 1.82) is 0 Å². The number of rotatable bonds is 2. The highest BCUT2D eigenvalue weighted by Gasteiger charge is 2.28. The van der Waals surface area contributed by atoms with E-state index in [1.54, 1.807) is 4.90 Å². The predicted octanol–water partition coefficient (Wildman–Crippen LogP) is 0.150. The van der Waals surface area contributed by atoms with E-state index in [1.807, 2.05) is 0 Å². The number of nitrogens with two attached hydrogens (primary N) is 1. The van der Waals surface area contributed by atoms with Crippen LogP contribution in [0.3, 0.4) is 0 Å². The van der Waals surface area contributed by atoms with Gasteiger partial charge in [0.05, 0.1) is 43.3 Å². The first-order valence-corrected chi connectivity index (χ1v) is 5.92. The molecule has 0 aliphatic carbocycles. The standard InChI is InChI=1S/C11H14ClN3O3/c12-10-3-8(9(13)4-14-10)11(17)15-1-2-18-6-7(15)5-16/h3-4,7,16H,1-2,5-6,13H2. The van der Waals surface area contributed by atoms with E-state index in [1.165, 1.54) is 12.3 Å². The summed E-state index contributed by atoms with van der Waals surface area (Å²) in [6, 6.07) is 1.08. The summed E-state index contributed by atoms with van der Waals surface area (Å²) >= 11 is 5.76. The lowest BCUT2D eigenvalue weighted by molar-refractivity contribution is -0.0183. The Hall–Kier alpha value is -1.37. The number of amides is 1. The first-order chi connectivity index (χ1) is 8.63. The lowest BCUT2D eigenvalue weighted by Gasteiger charge is -2.34. The van der Waals surface area contributed by atoms with Crippen LogP contribution in [0.4, 0.5) is 5.69 Å². The van der Waals surface area contributed by atoms with Gasteiger partial charge in [-0.15, -0.1) is 0 Å². The number of halogens is 1. The summed E-state index contributed by atoms with van der Waals surface area (Å²) in [5.74, 6) is -0.265. The average molecular weight is 272 g/mol. The van der Waals surface area contributed by atoms with E-state index in [-0.39, 0.29) is 29.4 Å². The number of nitrogen functional groups attached to an aromatic ring is 1. The number of aliphatic hydroxyl groups is 1. The third-order valence-electron chi connectivity index (χ3n) is 2.83. The molecule has 1 unspecified atom stereocenters. The Morgan fingerprint density at radius 1 is 1.72 bits per heavy atom. The molecule has 18 heavy (non-hydrogen) atoms. The Balaban J connectivity index is 2.26. The van der Waals surface area contributed by atoms with Crippen molar-refractivity contribution in [2.75, 3.05) is 32.1 Å². The molecule has 1 fully saturated rings. The second-order valence-corrected chi connectivity index (χ2v) is 4.39. The molecule has 1 atom stereocenters. The Bertz CT molecular complexity index is 455. The van der Waals surface area contributed by atoms with Crippen molar-refractivity contribution in [3.05, 3.63) is 23.0 Å². The molecule has 1 aliphatic rings. The molecule has 3 N–H and O–H groups in total. The van der Waals surface area contributed by atoms with Gasteiger partial charge in [-0.3, -0.25) is 4.79 Å². The number of carbonyl (C=O) groups excluding carboxylic acids is 1. The van der Waals surface area contributed by atoms with Gasteiger partial charge < -0.3 is 20.5 Å². The predicted molar refractivity (Wildman–Crippen MR) is 66.4 cm³/mol. The van der Waals surface area contributed by atoms with Crippen LogP contribution in [0.1, 0.15) is 10.4 Å². The second-order valence-electron chi connectivity index (χ2n) is 4.00. The van der Waals surface area contributed by atoms with Gasteiger partial charge in [-0.05, 0) is 6.07 Å². The fourth-order valence-electron chi connectivity index (χ4n) is 1.85. The van der Waals surface area contributed by atoms with Crippen molar-refractivity contribution in [1.82, 2.24) is 9.88 Å². The van der Waals surface area contributed by atoms with Crippen LogP contribution in [0, 0.1) is 0 Å². The molecule has 1 amide bonds. The molecular formula is C11H14ClN3O3. The van der Waals surface area contributed by atoms with Crippen molar-refractivity contribution in [2.45, 2.75) is 6.04 Å². The third-order valence-corrected chi connectivity index (χ3v) is 3.04. The number of nitrogens with zero attached hydrogens (tertiary/aromatic N) is 2. The number of hydrogen-bond acceptors (Lipinski definition) is 5. The second kappa shape index (κ2) is 5.51. The van der Waals surface area contributed by atoms with Crippen molar-refractivity contribution in [3.8, 4) is 0 Å². The van der Waals surface area contributed by atoms with Crippen LogP contribution in [-0.2, 0) is 4.74 Å². The van der Waals surface area contributed by atoms with Crippen LogP contribution < -0.4 is 5.73 Å². The minimum Gasteiger partial charge on any atom is -0.397 e. The van der Waals surface area contributed by atoms with Crippen molar-refractivity contribution >= 4 is 23.2 Å². The molecule has 2 rings (SSSR count). The molecule has 7 heteroatoms. The average Bonchev–Trinajstić information content (AvgIpc) is 2.40. The highest BCUT2D eigenvalue weighted by atomic mass is 35.5. The molecule has 0 saturated carbocycles. The summed E-state index contributed by atoms with van der Waals surface area (Å²) < 4.78 is 5.22. The van der Waals surface area contributed by atoms with Gasteiger partial charge >= 0.3 is 0 Å². The molecule has 0 spiro atoms. The number of aromatic nitrogens is 1. The first-order valence-electron chi connectivity index (χ1n) is 5.54. The van der Waals surface area contributed by atoms with Gasteiger partial charge in [-0.2, -0.15) is 0 Å². The number of aliphatic hydroxyl groups excluding tert-OH is 1. The molecule has 98 valence electrons. The highest BCUT2D eigenvalue weighted by molar-refractivity contribution is 6.29. The normalized spacial score (nSPS) is 19.9. The van der Waals surface area contributed by atoms with Gasteiger partial charge in [0.2, 0.25) is 0 Å². The van der Waals surface area contributed by atoms with E-state index in [9.17, 15) is 9.90 Å². The number of pyridine rings is 1. The Kier molecular flexibility index (Phi) is 4.00. The molecule has 1 saturated heterocycles. The van der Waals surface area contributed by atoms with Gasteiger partial charge in [0.1, 0.15) is 5.15 Å². The smallest absolute Gasteiger partial charge is 0.256 e. The summed E-state index contributed by atoms with van der Waals surface area (Å²) in [6.07, 6.45) is 1.35. The van der Waals surface area contributed by atoms with Crippen LogP contribution in [0.25, 0.3) is 0 Å². The molecule has 1 aliphatic heterocycles. The van der Waals surface area contributed by atoms with E-state index in [0.29, 0.717) is 25.3 Å². The summed E-state index contributed by atoms with van der Waals surface area (Å²) in [6.45, 7) is 1.04. The van der Waals surface area contributed by atoms with E-state index in [0.717, 1.165) is 0 Å². The third kappa shape index (κ3) is 2.55. The monoisotopic (exact) mass is 271 g/mol. The summed E-state index contributed by atoms with van der Waals surface area (Å²) in [7, 11) is 0. The SMILES string of the molecule is Nc1cnc(Cl)cc1C(=O)N1CCOCC1CO. The maximum absolute atomic E-state index is 12.3. The zero-order chi connectivity index (χ0) is 13.1. The number of hydrogen-bond donors (Lipinski definition) is 2. The first kappa shape index (κ1) is 13.1. The summed E-state index contributed by atoms with van der Waals surface area (Å²) in [5, 5.41) is 9.45. The van der Waals surface area contributed by atoms with Gasteiger partial charge in [-0.1, -0.05) is 11.6 Å². The molecule has 0 radical (unpaired) electrons. The Labute approximate surface area is 109 Å². The van der Waals surface area contributed by atoms with E-state index in [2.05, 4.69) is 4.98 Å². The number of morpholine rings is 1. The fraction of sp³-hybridized carbons (Fsp3) is 0.455. The lowest BCUT2D eigenvalue weighted by atomic mass is 10.1.